The number of carbonyl (C=O) groups excluding carboxylic acids is 2. The summed E-state index contributed by atoms with van der Waals surface area (Å²) in [6, 6.07) is 5.64. The number of Topliss-reactive ketones (excluding diaryl/α,β-unsaturated/α-hetero) is 1. The monoisotopic (exact) mass is 420 g/mol. The number of fused-ring (bicyclic) bond motifs is 5. The SMILES string of the molecule is CCOC(=O)C1C2OC3=C(C(=O)CC(C)(C)C3)C1c1cc(Br)ccc1O2. The summed E-state index contributed by atoms with van der Waals surface area (Å²) in [5, 5.41) is 0. The molecule has 0 N–H and O–H groups in total. The Bertz CT molecular complexity index is 825. The molecule has 6 heteroatoms. The van der Waals surface area contributed by atoms with E-state index >= 15 is 0 Å². The second kappa shape index (κ2) is 6.12. The van der Waals surface area contributed by atoms with Crippen LogP contribution in [-0.4, -0.2) is 24.6 Å². The number of ether oxygens (including phenoxy) is 3. The lowest BCUT2D eigenvalue weighted by Crippen LogP contribution is -2.49. The highest BCUT2D eigenvalue weighted by Gasteiger charge is 2.54. The predicted octanol–water partition coefficient (Wildman–Crippen LogP) is 4.10. The maximum atomic E-state index is 13.0. The molecule has 3 unspecified atom stereocenters. The summed E-state index contributed by atoms with van der Waals surface area (Å²) in [5.41, 5.74) is 1.28. The number of allylic oxidation sites excluding steroid dienone is 2. The van der Waals surface area contributed by atoms with Gasteiger partial charge in [-0.3, -0.25) is 9.59 Å². The Kier molecular flexibility index (Phi) is 4.14. The zero-order valence-electron chi connectivity index (χ0n) is 15.0. The molecular weight excluding hydrogens is 400 g/mol. The van der Waals surface area contributed by atoms with Crippen molar-refractivity contribution < 1.29 is 23.8 Å². The van der Waals surface area contributed by atoms with Crippen molar-refractivity contribution >= 4 is 27.7 Å². The average molecular weight is 421 g/mol. The minimum atomic E-state index is -0.770. The third-order valence-corrected chi connectivity index (χ3v) is 5.70. The molecule has 1 aliphatic carbocycles. The smallest absolute Gasteiger partial charge is 0.317 e. The Labute approximate surface area is 160 Å². The van der Waals surface area contributed by atoms with E-state index in [1.807, 2.05) is 18.2 Å². The van der Waals surface area contributed by atoms with Crippen LogP contribution in [0.25, 0.3) is 0 Å². The number of esters is 1. The van der Waals surface area contributed by atoms with E-state index < -0.39 is 24.1 Å². The molecule has 2 aliphatic heterocycles. The molecule has 1 aromatic carbocycles. The van der Waals surface area contributed by atoms with Gasteiger partial charge >= 0.3 is 5.97 Å². The molecule has 5 nitrogen and oxygen atoms in total. The Balaban J connectivity index is 1.89. The van der Waals surface area contributed by atoms with E-state index in [-0.39, 0.29) is 17.8 Å². The van der Waals surface area contributed by atoms with Gasteiger partial charge in [0.15, 0.2) is 5.78 Å². The van der Waals surface area contributed by atoms with Crippen LogP contribution in [0.4, 0.5) is 0 Å². The summed E-state index contributed by atoms with van der Waals surface area (Å²) >= 11 is 3.49. The van der Waals surface area contributed by atoms with Gasteiger partial charge in [0, 0.05) is 34.4 Å². The standard InChI is InChI=1S/C20H21BrO5/c1-4-24-18(23)17-15-11-7-10(21)5-6-13(11)25-19(17)26-14-9-20(2,3)8-12(22)16(14)15/h5-7,15,17,19H,4,8-9H2,1-3H3. The van der Waals surface area contributed by atoms with E-state index in [1.165, 1.54) is 0 Å². The van der Waals surface area contributed by atoms with Crippen LogP contribution in [0, 0.1) is 11.3 Å². The van der Waals surface area contributed by atoms with Crippen LogP contribution in [0.5, 0.6) is 5.75 Å². The second-order valence-corrected chi connectivity index (χ2v) is 8.74. The Morgan fingerprint density at radius 1 is 1.31 bits per heavy atom. The first-order valence-corrected chi connectivity index (χ1v) is 9.65. The van der Waals surface area contributed by atoms with Crippen molar-refractivity contribution in [3.05, 3.63) is 39.6 Å². The van der Waals surface area contributed by atoms with Gasteiger partial charge in [-0.05, 0) is 30.5 Å². The zero-order chi connectivity index (χ0) is 18.6. The van der Waals surface area contributed by atoms with Crippen molar-refractivity contribution in [2.24, 2.45) is 11.3 Å². The van der Waals surface area contributed by atoms with Gasteiger partial charge < -0.3 is 14.2 Å². The van der Waals surface area contributed by atoms with Gasteiger partial charge in [0.25, 0.3) is 6.29 Å². The lowest BCUT2D eigenvalue weighted by atomic mass is 9.67. The number of ketones is 1. The van der Waals surface area contributed by atoms with Gasteiger partial charge in [0.2, 0.25) is 0 Å². The minimum Gasteiger partial charge on any atom is -0.466 e. The quantitative estimate of drug-likeness (QED) is 0.673. The van der Waals surface area contributed by atoms with Crippen LogP contribution in [0.15, 0.2) is 34.0 Å². The number of benzene rings is 1. The summed E-state index contributed by atoms with van der Waals surface area (Å²) in [6.07, 6.45) is 0.326. The highest BCUT2D eigenvalue weighted by Crippen LogP contribution is 2.54. The third-order valence-electron chi connectivity index (χ3n) is 5.21. The molecule has 0 amide bonds. The molecule has 1 aromatic rings. The molecule has 4 rings (SSSR count). The van der Waals surface area contributed by atoms with E-state index in [0.29, 0.717) is 29.9 Å². The summed E-state index contributed by atoms with van der Waals surface area (Å²) in [6.45, 7) is 6.14. The number of halogens is 1. The van der Waals surface area contributed by atoms with Gasteiger partial charge in [0.1, 0.15) is 17.4 Å². The summed E-state index contributed by atoms with van der Waals surface area (Å²) in [4.78, 5) is 25.7. The largest absolute Gasteiger partial charge is 0.466 e. The van der Waals surface area contributed by atoms with Gasteiger partial charge in [-0.2, -0.15) is 0 Å². The van der Waals surface area contributed by atoms with E-state index in [0.717, 1.165) is 10.0 Å². The predicted molar refractivity (Wildman–Crippen MR) is 97.6 cm³/mol. The average Bonchev–Trinajstić information content (AvgIpc) is 2.53. The van der Waals surface area contributed by atoms with E-state index in [2.05, 4.69) is 29.8 Å². The summed E-state index contributed by atoms with van der Waals surface area (Å²) < 4.78 is 18.2. The molecule has 0 fully saturated rings. The Hall–Kier alpha value is -1.82. The van der Waals surface area contributed by atoms with Gasteiger partial charge in [0.05, 0.1) is 6.61 Å². The Morgan fingerprint density at radius 3 is 2.81 bits per heavy atom. The lowest BCUT2D eigenvalue weighted by molar-refractivity contribution is -0.174. The van der Waals surface area contributed by atoms with Crippen molar-refractivity contribution in [2.75, 3.05) is 6.61 Å². The molecule has 2 heterocycles. The first-order chi connectivity index (χ1) is 12.3. The first-order valence-electron chi connectivity index (χ1n) is 8.86. The molecule has 0 aromatic heterocycles. The topological polar surface area (TPSA) is 61.8 Å². The molecule has 0 saturated carbocycles. The molecule has 3 aliphatic rings. The van der Waals surface area contributed by atoms with Crippen LogP contribution in [0.3, 0.4) is 0 Å². The van der Waals surface area contributed by atoms with E-state index in [9.17, 15) is 9.59 Å². The highest BCUT2D eigenvalue weighted by atomic mass is 79.9. The van der Waals surface area contributed by atoms with Gasteiger partial charge in [-0.1, -0.05) is 29.8 Å². The van der Waals surface area contributed by atoms with Gasteiger partial charge in [-0.25, -0.2) is 0 Å². The van der Waals surface area contributed by atoms with Crippen LogP contribution in [0.2, 0.25) is 0 Å². The summed E-state index contributed by atoms with van der Waals surface area (Å²) in [5.74, 6) is -0.118. The number of hydrogen-bond acceptors (Lipinski definition) is 5. The van der Waals surface area contributed by atoms with Gasteiger partial charge in [-0.15, -0.1) is 0 Å². The number of rotatable bonds is 2. The van der Waals surface area contributed by atoms with E-state index in [1.54, 1.807) is 6.92 Å². The fourth-order valence-corrected chi connectivity index (χ4v) is 4.59. The molecule has 138 valence electrons. The Morgan fingerprint density at radius 2 is 2.08 bits per heavy atom. The fraction of sp³-hybridized carbons (Fsp3) is 0.500. The fourth-order valence-electron chi connectivity index (χ4n) is 4.21. The molecule has 3 atom stereocenters. The number of hydrogen-bond donors (Lipinski definition) is 0. The van der Waals surface area contributed by atoms with Crippen molar-refractivity contribution in [3.8, 4) is 5.75 Å². The van der Waals surface area contributed by atoms with E-state index in [4.69, 9.17) is 14.2 Å². The van der Waals surface area contributed by atoms with Crippen LogP contribution >= 0.6 is 15.9 Å². The zero-order valence-corrected chi connectivity index (χ0v) is 16.6. The molecule has 0 saturated heterocycles. The summed E-state index contributed by atoms with van der Waals surface area (Å²) in [7, 11) is 0. The maximum absolute atomic E-state index is 13.0. The van der Waals surface area contributed by atoms with Crippen molar-refractivity contribution in [1.29, 1.82) is 0 Å². The third kappa shape index (κ3) is 2.75. The van der Waals surface area contributed by atoms with Crippen molar-refractivity contribution in [1.82, 2.24) is 0 Å². The van der Waals surface area contributed by atoms with Crippen LogP contribution in [-0.2, 0) is 19.1 Å². The first kappa shape index (κ1) is 17.6. The molecule has 0 radical (unpaired) electrons. The van der Waals surface area contributed by atoms with Crippen LogP contribution in [0.1, 0.15) is 45.1 Å². The number of carbonyl (C=O) groups is 2. The normalized spacial score (nSPS) is 28.5. The van der Waals surface area contributed by atoms with Crippen molar-refractivity contribution in [3.63, 3.8) is 0 Å². The molecular formula is C20H21BrO5. The second-order valence-electron chi connectivity index (χ2n) is 7.82. The van der Waals surface area contributed by atoms with Crippen molar-refractivity contribution in [2.45, 2.75) is 45.8 Å². The lowest BCUT2D eigenvalue weighted by Gasteiger charge is -2.46. The highest BCUT2D eigenvalue weighted by molar-refractivity contribution is 9.10. The molecule has 0 spiro atoms. The minimum absolute atomic E-state index is 0.0434. The molecule has 2 bridgehead atoms. The van der Waals surface area contributed by atoms with Crippen LogP contribution < -0.4 is 4.74 Å². The molecule has 26 heavy (non-hydrogen) atoms. The maximum Gasteiger partial charge on any atom is 0.317 e.